The van der Waals surface area contributed by atoms with Crippen LogP contribution in [0.1, 0.15) is 26.3 Å². The number of rotatable bonds is 4. The molecular weight excluding hydrogens is 372 g/mol. The minimum Gasteiger partial charge on any atom is -0.277 e. The number of hydrogen-bond acceptors (Lipinski definition) is 4. The van der Waals surface area contributed by atoms with Crippen molar-refractivity contribution in [3.8, 4) is 5.69 Å². The summed E-state index contributed by atoms with van der Waals surface area (Å²) < 4.78 is 29.7. The summed E-state index contributed by atoms with van der Waals surface area (Å²) in [6, 6.07) is 11.7. The Bertz CT molecular complexity index is 1010. The van der Waals surface area contributed by atoms with E-state index in [1.807, 2.05) is 12.1 Å². The Morgan fingerprint density at radius 1 is 1.08 bits per heavy atom. The van der Waals surface area contributed by atoms with Crippen LogP contribution in [0.25, 0.3) is 5.69 Å². The molecule has 0 radical (unpaired) electrons. The van der Waals surface area contributed by atoms with E-state index in [2.05, 4.69) is 35.6 Å². The zero-order valence-corrected chi connectivity index (χ0v) is 16.2. The standard InChI is InChI=1S/C18H19ClN4O2S/c1-18(2,3)13-4-7-15(8-5-13)26(24,25)22-16-10-14(19)6-9-17(16)23-12-20-11-21-23/h4-12,22H,1-3H3. The van der Waals surface area contributed by atoms with E-state index in [1.165, 1.54) is 17.3 Å². The first-order chi connectivity index (χ1) is 12.2. The van der Waals surface area contributed by atoms with Crippen molar-refractivity contribution in [1.29, 1.82) is 0 Å². The van der Waals surface area contributed by atoms with Gasteiger partial charge in [0.05, 0.1) is 16.3 Å². The largest absolute Gasteiger partial charge is 0.277 e. The van der Waals surface area contributed by atoms with Crippen LogP contribution in [0.5, 0.6) is 0 Å². The van der Waals surface area contributed by atoms with E-state index in [0.717, 1.165) is 5.56 Å². The Kier molecular flexibility index (Phi) is 4.77. The van der Waals surface area contributed by atoms with Crippen LogP contribution in [-0.4, -0.2) is 23.2 Å². The van der Waals surface area contributed by atoms with Crippen LogP contribution >= 0.6 is 11.6 Å². The summed E-state index contributed by atoms with van der Waals surface area (Å²) in [5.41, 5.74) is 1.86. The molecule has 0 aliphatic carbocycles. The van der Waals surface area contributed by atoms with Crippen molar-refractivity contribution < 1.29 is 8.42 Å². The van der Waals surface area contributed by atoms with Gasteiger partial charge in [0.1, 0.15) is 12.7 Å². The molecule has 2 aromatic carbocycles. The number of nitrogens with one attached hydrogen (secondary N) is 1. The molecule has 0 fully saturated rings. The molecule has 136 valence electrons. The summed E-state index contributed by atoms with van der Waals surface area (Å²) in [4.78, 5) is 4.07. The summed E-state index contributed by atoms with van der Waals surface area (Å²) in [7, 11) is -3.78. The van der Waals surface area contributed by atoms with Crippen LogP contribution in [0.2, 0.25) is 5.02 Å². The lowest BCUT2D eigenvalue weighted by atomic mass is 9.87. The van der Waals surface area contributed by atoms with E-state index in [4.69, 9.17) is 11.6 Å². The number of aromatic nitrogens is 3. The minimum atomic E-state index is -3.78. The zero-order chi connectivity index (χ0) is 18.9. The van der Waals surface area contributed by atoms with Gasteiger partial charge in [0.15, 0.2) is 0 Å². The van der Waals surface area contributed by atoms with E-state index in [9.17, 15) is 8.42 Å². The summed E-state index contributed by atoms with van der Waals surface area (Å²) in [5.74, 6) is 0. The molecule has 3 rings (SSSR count). The Morgan fingerprint density at radius 2 is 1.77 bits per heavy atom. The van der Waals surface area contributed by atoms with Gasteiger partial charge in [-0.3, -0.25) is 4.72 Å². The summed E-state index contributed by atoms with van der Waals surface area (Å²) in [6.07, 6.45) is 2.86. The van der Waals surface area contributed by atoms with Crippen molar-refractivity contribution in [2.75, 3.05) is 4.72 Å². The van der Waals surface area contributed by atoms with Gasteiger partial charge in [-0.05, 0) is 41.3 Å². The first-order valence-corrected chi connectivity index (χ1v) is 9.81. The highest BCUT2D eigenvalue weighted by atomic mass is 35.5. The molecule has 0 saturated carbocycles. The fourth-order valence-electron chi connectivity index (χ4n) is 2.46. The van der Waals surface area contributed by atoms with Gasteiger partial charge in [0.2, 0.25) is 0 Å². The highest BCUT2D eigenvalue weighted by molar-refractivity contribution is 7.92. The normalized spacial score (nSPS) is 12.2. The molecule has 0 atom stereocenters. The van der Waals surface area contributed by atoms with Gasteiger partial charge in [-0.1, -0.05) is 44.5 Å². The molecule has 0 saturated heterocycles. The molecule has 3 aromatic rings. The van der Waals surface area contributed by atoms with E-state index in [0.29, 0.717) is 16.4 Å². The van der Waals surface area contributed by atoms with Gasteiger partial charge < -0.3 is 0 Å². The molecule has 6 nitrogen and oxygen atoms in total. The van der Waals surface area contributed by atoms with Crippen molar-refractivity contribution in [3.63, 3.8) is 0 Å². The topological polar surface area (TPSA) is 76.9 Å². The Hall–Kier alpha value is -2.38. The average molecular weight is 391 g/mol. The SMILES string of the molecule is CC(C)(C)c1ccc(S(=O)(=O)Nc2cc(Cl)ccc2-n2cncn2)cc1. The summed E-state index contributed by atoms with van der Waals surface area (Å²) >= 11 is 6.04. The summed E-state index contributed by atoms with van der Waals surface area (Å²) in [5, 5.41) is 4.46. The number of anilines is 1. The predicted molar refractivity (Wildman–Crippen MR) is 102 cm³/mol. The third-order valence-corrected chi connectivity index (χ3v) is 5.52. The highest BCUT2D eigenvalue weighted by Crippen LogP contribution is 2.28. The second kappa shape index (κ2) is 6.74. The quantitative estimate of drug-likeness (QED) is 0.729. The van der Waals surface area contributed by atoms with Crippen LogP contribution in [-0.2, 0) is 15.4 Å². The summed E-state index contributed by atoms with van der Waals surface area (Å²) in [6.45, 7) is 6.22. The fraction of sp³-hybridized carbons (Fsp3) is 0.222. The number of halogens is 1. The first kappa shape index (κ1) is 18.4. The molecule has 0 bridgehead atoms. The number of nitrogens with zero attached hydrogens (tertiary/aromatic N) is 3. The lowest BCUT2D eigenvalue weighted by molar-refractivity contribution is 0.587. The van der Waals surface area contributed by atoms with Crippen molar-refractivity contribution in [2.24, 2.45) is 0 Å². The zero-order valence-electron chi connectivity index (χ0n) is 14.6. The highest BCUT2D eigenvalue weighted by Gasteiger charge is 2.19. The fourth-order valence-corrected chi connectivity index (χ4v) is 3.70. The maximum absolute atomic E-state index is 12.8. The average Bonchev–Trinajstić information content (AvgIpc) is 3.08. The van der Waals surface area contributed by atoms with Crippen LogP contribution in [0.4, 0.5) is 5.69 Å². The molecule has 8 heteroatoms. The Morgan fingerprint density at radius 3 is 2.35 bits per heavy atom. The maximum Gasteiger partial charge on any atom is 0.261 e. The van der Waals surface area contributed by atoms with Gasteiger partial charge in [-0.15, -0.1) is 0 Å². The monoisotopic (exact) mass is 390 g/mol. The first-order valence-electron chi connectivity index (χ1n) is 7.95. The van der Waals surface area contributed by atoms with Crippen molar-refractivity contribution in [2.45, 2.75) is 31.1 Å². The molecule has 26 heavy (non-hydrogen) atoms. The van der Waals surface area contributed by atoms with Gasteiger partial charge >= 0.3 is 0 Å². The smallest absolute Gasteiger partial charge is 0.261 e. The van der Waals surface area contributed by atoms with Gasteiger partial charge in [0.25, 0.3) is 10.0 Å². The molecule has 0 aliphatic heterocycles. The number of benzene rings is 2. The number of sulfonamides is 1. The van der Waals surface area contributed by atoms with Crippen LogP contribution in [0.15, 0.2) is 60.0 Å². The number of hydrogen-bond donors (Lipinski definition) is 1. The molecule has 1 heterocycles. The molecule has 0 amide bonds. The van der Waals surface area contributed by atoms with Crippen molar-refractivity contribution in [1.82, 2.24) is 14.8 Å². The third-order valence-electron chi connectivity index (χ3n) is 3.90. The van der Waals surface area contributed by atoms with Gasteiger partial charge in [0, 0.05) is 5.02 Å². The second-order valence-electron chi connectivity index (χ2n) is 6.88. The second-order valence-corrected chi connectivity index (χ2v) is 9.00. The third kappa shape index (κ3) is 3.89. The van der Waals surface area contributed by atoms with E-state index in [1.54, 1.807) is 30.3 Å². The van der Waals surface area contributed by atoms with Crippen molar-refractivity contribution >= 4 is 27.3 Å². The molecular formula is C18H19ClN4O2S. The maximum atomic E-state index is 12.8. The lowest BCUT2D eigenvalue weighted by Gasteiger charge is -2.19. The minimum absolute atomic E-state index is 0.0526. The predicted octanol–water partition coefficient (Wildman–Crippen LogP) is 4.02. The van der Waals surface area contributed by atoms with Gasteiger partial charge in [-0.25, -0.2) is 18.1 Å². The van der Waals surface area contributed by atoms with Crippen LogP contribution < -0.4 is 4.72 Å². The van der Waals surface area contributed by atoms with Crippen LogP contribution in [0.3, 0.4) is 0 Å². The van der Waals surface area contributed by atoms with E-state index >= 15 is 0 Å². The lowest BCUT2D eigenvalue weighted by Crippen LogP contribution is -2.16. The molecule has 1 N–H and O–H groups in total. The van der Waals surface area contributed by atoms with Crippen molar-refractivity contribution in [3.05, 3.63) is 65.7 Å². The van der Waals surface area contributed by atoms with E-state index < -0.39 is 10.0 Å². The Balaban J connectivity index is 1.97. The van der Waals surface area contributed by atoms with Crippen LogP contribution in [0, 0.1) is 0 Å². The molecule has 0 unspecified atom stereocenters. The molecule has 0 spiro atoms. The van der Waals surface area contributed by atoms with E-state index in [-0.39, 0.29) is 10.3 Å². The molecule has 0 aliphatic rings. The van der Waals surface area contributed by atoms with Gasteiger partial charge in [-0.2, -0.15) is 5.10 Å². The molecule has 1 aromatic heterocycles. The Labute approximate surface area is 157 Å².